The number of rotatable bonds is 10. The molecule has 1 amide bonds. The van der Waals surface area contributed by atoms with E-state index in [0.717, 1.165) is 19.3 Å². The molecule has 0 saturated carbocycles. The number of aliphatic hydroxyl groups is 1. The first-order valence-electron chi connectivity index (χ1n) is 7.11. The molecule has 0 aromatic heterocycles. The average molecular weight is 258 g/mol. The van der Waals surface area contributed by atoms with Gasteiger partial charge in [-0.3, -0.25) is 4.79 Å². The molecule has 1 unspecified atom stereocenters. The Balaban J connectivity index is 3.93. The van der Waals surface area contributed by atoms with E-state index in [1.54, 1.807) is 0 Å². The number of nitrogens with two attached hydrogens (primary N) is 1. The Morgan fingerprint density at radius 2 is 2.00 bits per heavy atom. The van der Waals surface area contributed by atoms with E-state index in [0.29, 0.717) is 31.3 Å². The van der Waals surface area contributed by atoms with Crippen LogP contribution in [0.3, 0.4) is 0 Å². The number of aliphatic hydroxyl groups excluding tert-OH is 1. The average Bonchev–Trinajstić information content (AvgIpc) is 2.32. The van der Waals surface area contributed by atoms with Crippen LogP contribution in [0, 0.1) is 17.8 Å². The van der Waals surface area contributed by atoms with Gasteiger partial charge in [-0.25, -0.2) is 0 Å². The highest BCUT2D eigenvalue weighted by molar-refractivity contribution is 5.76. The summed E-state index contributed by atoms with van der Waals surface area (Å²) in [6.07, 6.45) is 3.25. The van der Waals surface area contributed by atoms with Gasteiger partial charge in [-0.15, -0.1) is 0 Å². The van der Waals surface area contributed by atoms with E-state index in [4.69, 9.17) is 10.8 Å². The molecule has 0 aliphatic rings. The fourth-order valence-electron chi connectivity index (χ4n) is 2.16. The van der Waals surface area contributed by atoms with Crippen molar-refractivity contribution in [3.63, 3.8) is 0 Å². The van der Waals surface area contributed by atoms with Crippen molar-refractivity contribution < 1.29 is 9.90 Å². The van der Waals surface area contributed by atoms with Gasteiger partial charge in [0.1, 0.15) is 0 Å². The number of hydrogen-bond donors (Lipinski definition) is 3. The first kappa shape index (κ1) is 17.4. The lowest BCUT2D eigenvalue weighted by atomic mass is 9.94. The molecule has 0 aromatic carbocycles. The van der Waals surface area contributed by atoms with Crippen molar-refractivity contribution in [2.24, 2.45) is 23.5 Å². The van der Waals surface area contributed by atoms with Crippen LogP contribution in [0.5, 0.6) is 0 Å². The maximum absolute atomic E-state index is 11.8. The molecule has 0 aliphatic heterocycles. The number of hydrogen-bond acceptors (Lipinski definition) is 3. The number of carbonyl (C=O) groups is 1. The van der Waals surface area contributed by atoms with Gasteiger partial charge in [0.05, 0.1) is 0 Å². The van der Waals surface area contributed by atoms with Crippen molar-refractivity contribution in [3.05, 3.63) is 0 Å². The second-order valence-corrected chi connectivity index (χ2v) is 5.53. The zero-order chi connectivity index (χ0) is 14.0. The van der Waals surface area contributed by atoms with Crippen molar-refractivity contribution in [1.82, 2.24) is 5.32 Å². The van der Waals surface area contributed by atoms with E-state index >= 15 is 0 Å². The molecular formula is C14H30N2O2. The molecule has 4 heteroatoms. The second kappa shape index (κ2) is 10.3. The third-order valence-electron chi connectivity index (χ3n) is 3.31. The van der Waals surface area contributed by atoms with Crippen molar-refractivity contribution in [3.8, 4) is 0 Å². The van der Waals surface area contributed by atoms with Crippen LogP contribution in [0.25, 0.3) is 0 Å². The Bertz CT molecular complexity index is 220. The topological polar surface area (TPSA) is 75.3 Å². The van der Waals surface area contributed by atoms with Crippen LogP contribution in [-0.2, 0) is 4.79 Å². The lowest BCUT2D eigenvalue weighted by Crippen LogP contribution is -2.32. The highest BCUT2D eigenvalue weighted by Gasteiger charge is 2.15. The quantitative estimate of drug-likeness (QED) is 0.556. The van der Waals surface area contributed by atoms with Gasteiger partial charge >= 0.3 is 0 Å². The summed E-state index contributed by atoms with van der Waals surface area (Å²) in [6.45, 7) is 7.79. The summed E-state index contributed by atoms with van der Waals surface area (Å²) in [7, 11) is 0. The molecule has 18 heavy (non-hydrogen) atoms. The molecule has 2 atom stereocenters. The summed E-state index contributed by atoms with van der Waals surface area (Å²) in [5.41, 5.74) is 5.69. The second-order valence-electron chi connectivity index (χ2n) is 5.53. The summed E-state index contributed by atoms with van der Waals surface area (Å²) in [5, 5.41) is 11.8. The summed E-state index contributed by atoms with van der Waals surface area (Å²) in [6, 6.07) is 0. The van der Waals surface area contributed by atoms with Crippen molar-refractivity contribution >= 4 is 5.91 Å². The molecule has 0 fully saturated rings. The number of nitrogens with one attached hydrogen (secondary N) is 1. The third kappa shape index (κ3) is 8.48. The van der Waals surface area contributed by atoms with Crippen LogP contribution < -0.4 is 11.1 Å². The minimum absolute atomic E-state index is 0.0856. The smallest absolute Gasteiger partial charge is 0.220 e. The molecular weight excluding hydrogens is 228 g/mol. The lowest BCUT2D eigenvalue weighted by Gasteiger charge is -2.18. The summed E-state index contributed by atoms with van der Waals surface area (Å²) in [4.78, 5) is 11.8. The number of carbonyl (C=O) groups excluding carboxylic acids is 1. The van der Waals surface area contributed by atoms with Gasteiger partial charge in [0.2, 0.25) is 5.91 Å². The predicted molar refractivity (Wildman–Crippen MR) is 75.1 cm³/mol. The maximum atomic E-state index is 11.8. The van der Waals surface area contributed by atoms with Gasteiger partial charge in [0.15, 0.2) is 0 Å². The van der Waals surface area contributed by atoms with Gasteiger partial charge in [-0.1, -0.05) is 27.2 Å². The van der Waals surface area contributed by atoms with Gasteiger partial charge < -0.3 is 16.2 Å². The van der Waals surface area contributed by atoms with Crippen LogP contribution in [-0.4, -0.2) is 30.7 Å². The third-order valence-corrected chi connectivity index (χ3v) is 3.31. The van der Waals surface area contributed by atoms with Crippen molar-refractivity contribution in [1.29, 1.82) is 0 Å². The lowest BCUT2D eigenvalue weighted by molar-refractivity contribution is -0.122. The Labute approximate surface area is 111 Å². The standard InChI is InChI=1S/C14H30N2O2/c1-4-12(5-6-17)10-16-14(18)8-13(9-15)7-11(2)3/h11-13,17H,4-10,15H2,1-3H3,(H,16,18)/t12?,13-/m0/s1. The van der Waals surface area contributed by atoms with Crippen LogP contribution in [0.15, 0.2) is 0 Å². The highest BCUT2D eigenvalue weighted by Crippen LogP contribution is 2.14. The largest absolute Gasteiger partial charge is 0.396 e. The van der Waals surface area contributed by atoms with E-state index in [1.807, 2.05) is 0 Å². The predicted octanol–water partition coefficient (Wildman–Crippen LogP) is 1.52. The Hall–Kier alpha value is -0.610. The first-order chi connectivity index (χ1) is 8.53. The van der Waals surface area contributed by atoms with Gasteiger partial charge in [0, 0.05) is 19.6 Å². The van der Waals surface area contributed by atoms with Crippen molar-refractivity contribution in [2.75, 3.05) is 19.7 Å². The summed E-state index contributed by atoms with van der Waals surface area (Å²) >= 11 is 0. The monoisotopic (exact) mass is 258 g/mol. The van der Waals surface area contributed by atoms with E-state index in [2.05, 4.69) is 26.1 Å². The Kier molecular flexibility index (Phi) is 9.98. The zero-order valence-corrected chi connectivity index (χ0v) is 12.1. The van der Waals surface area contributed by atoms with E-state index < -0.39 is 0 Å². The first-order valence-corrected chi connectivity index (χ1v) is 7.11. The minimum atomic E-state index is 0.0856. The molecule has 4 nitrogen and oxygen atoms in total. The summed E-state index contributed by atoms with van der Waals surface area (Å²) < 4.78 is 0. The molecule has 0 heterocycles. The summed E-state index contributed by atoms with van der Waals surface area (Å²) in [5.74, 6) is 1.31. The fourth-order valence-corrected chi connectivity index (χ4v) is 2.16. The minimum Gasteiger partial charge on any atom is -0.396 e. The van der Waals surface area contributed by atoms with Crippen LogP contribution in [0.2, 0.25) is 0 Å². The van der Waals surface area contributed by atoms with Crippen LogP contribution in [0.4, 0.5) is 0 Å². The SMILES string of the molecule is CCC(CCO)CNC(=O)C[C@@H](CN)CC(C)C. The van der Waals surface area contributed by atoms with Crippen LogP contribution >= 0.6 is 0 Å². The number of amides is 1. The van der Waals surface area contributed by atoms with E-state index in [9.17, 15) is 4.79 Å². The zero-order valence-electron chi connectivity index (χ0n) is 12.1. The van der Waals surface area contributed by atoms with Gasteiger partial charge in [-0.2, -0.15) is 0 Å². The molecule has 0 saturated heterocycles. The Morgan fingerprint density at radius 3 is 2.44 bits per heavy atom. The maximum Gasteiger partial charge on any atom is 0.220 e. The molecule has 0 aliphatic carbocycles. The molecule has 0 aromatic rings. The van der Waals surface area contributed by atoms with Gasteiger partial charge in [-0.05, 0) is 37.1 Å². The molecule has 0 spiro atoms. The highest BCUT2D eigenvalue weighted by atomic mass is 16.3. The molecule has 0 radical (unpaired) electrons. The fraction of sp³-hybridized carbons (Fsp3) is 0.929. The molecule has 0 rings (SSSR count). The van der Waals surface area contributed by atoms with Gasteiger partial charge in [0.25, 0.3) is 0 Å². The molecule has 0 bridgehead atoms. The van der Waals surface area contributed by atoms with Crippen molar-refractivity contribution in [2.45, 2.75) is 46.5 Å². The normalized spacial score (nSPS) is 14.6. The molecule has 4 N–H and O–H groups in total. The van der Waals surface area contributed by atoms with E-state index in [1.165, 1.54) is 0 Å². The Morgan fingerprint density at radius 1 is 1.33 bits per heavy atom. The van der Waals surface area contributed by atoms with Crippen LogP contribution in [0.1, 0.15) is 46.5 Å². The van der Waals surface area contributed by atoms with E-state index in [-0.39, 0.29) is 18.4 Å². The molecule has 108 valence electrons.